The molecule has 1 fully saturated rings. The number of hydrogen-bond donors (Lipinski definition) is 1. The summed E-state index contributed by atoms with van der Waals surface area (Å²) in [6.07, 6.45) is 2.13. The minimum atomic E-state index is -0.191. The van der Waals surface area contributed by atoms with Gasteiger partial charge in [0, 0.05) is 6.54 Å². The molecule has 1 aromatic rings. The van der Waals surface area contributed by atoms with E-state index < -0.39 is 0 Å². The summed E-state index contributed by atoms with van der Waals surface area (Å²) >= 11 is 5.04. The van der Waals surface area contributed by atoms with E-state index in [-0.39, 0.29) is 11.9 Å². The number of benzene rings is 1. The lowest BCUT2D eigenvalue weighted by Crippen LogP contribution is -2.38. The van der Waals surface area contributed by atoms with Crippen molar-refractivity contribution in [2.24, 2.45) is 5.73 Å². The van der Waals surface area contributed by atoms with Crippen molar-refractivity contribution in [1.29, 1.82) is 0 Å². The van der Waals surface area contributed by atoms with Crippen molar-refractivity contribution in [3.8, 4) is 0 Å². The molecule has 1 unspecified atom stereocenters. The minimum absolute atomic E-state index is 0.179. The molecular formula is C12H15FN2S. The summed E-state index contributed by atoms with van der Waals surface area (Å²) in [6, 6.07) is 6.86. The highest BCUT2D eigenvalue weighted by atomic mass is 32.1. The normalized spacial score (nSPS) is 21.2. The first-order valence-corrected chi connectivity index (χ1v) is 5.85. The lowest BCUT2D eigenvalue weighted by Gasteiger charge is -2.23. The summed E-state index contributed by atoms with van der Waals surface area (Å²) in [4.78, 5) is 2.77. The molecular weight excluding hydrogens is 223 g/mol. The van der Waals surface area contributed by atoms with Crippen molar-refractivity contribution in [3.05, 3.63) is 35.6 Å². The third kappa shape index (κ3) is 2.57. The fourth-order valence-electron chi connectivity index (χ4n) is 2.21. The Bertz CT molecular complexity index is 394. The van der Waals surface area contributed by atoms with E-state index >= 15 is 0 Å². The second-order valence-electron chi connectivity index (χ2n) is 4.16. The summed E-state index contributed by atoms with van der Waals surface area (Å²) in [6.45, 7) is 1.71. The van der Waals surface area contributed by atoms with Crippen molar-refractivity contribution >= 4 is 17.2 Å². The molecule has 2 nitrogen and oxygen atoms in total. The van der Waals surface area contributed by atoms with Crippen molar-refractivity contribution in [2.75, 3.05) is 6.54 Å². The maximum atomic E-state index is 13.0. The van der Waals surface area contributed by atoms with Crippen LogP contribution in [0.1, 0.15) is 18.4 Å². The van der Waals surface area contributed by atoms with Crippen molar-refractivity contribution in [3.63, 3.8) is 0 Å². The molecule has 1 aromatic carbocycles. The Morgan fingerprint density at radius 3 is 3.06 bits per heavy atom. The average Bonchev–Trinajstić information content (AvgIpc) is 2.66. The second kappa shape index (κ2) is 4.89. The molecule has 0 spiro atoms. The number of nitrogens with two attached hydrogens (primary N) is 1. The number of likely N-dealkylation sites (tertiary alicyclic amines) is 1. The van der Waals surface area contributed by atoms with Crippen molar-refractivity contribution in [1.82, 2.24) is 4.90 Å². The van der Waals surface area contributed by atoms with Crippen LogP contribution in [0.4, 0.5) is 4.39 Å². The van der Waals surface area contributed by atoms with Crippen molar-refractivity contribution in [2.45, 2.75) is 25.4 Å². The molecule has 16 heavy (non-hydrogen) atoms. The van der Waals surface area contributed by atoms with Gasteiger partial charge in [-0.15, -0.1) is 0 Å². The zero-order valence-electron chi connectivity index (χ0n) is 9.03. The first-order chi connectivity index (χ1) is 7.66. The third-order valence-electron chi connectivity index (χ3n) is 2.97. The molecule has 0 amide bonds. The number of halogens is 1. The van der Waals surface area contributed by atoms with Gasteiger partial charge in [-0.1, -0.05) is 24.4 Å². The zero-order valence-corrected chi connectivity index (χ0v) is 9.84. The van der Waals surface area contributed by atoms with Gasteiger partial charge in [-0.25, -0.2) is 4.39 Å². The van der Waals surface area contributed by atoms with Crippen LogP contribution in [0.2, 0.25) is 0 Å². The standard InChI is InChI=1S/C12H15FN2S/c13-10-4-1-3-9(7-10)8-15-6-2-5-11(15)12(14)16/h1,3-4,7,11H,2,5-6,8H2,(H2,14,16). The summed E-state index contributed by atoms with van der Waals surface area (Å²) in [5, 5.41) is 0. The number of rotatable bonds is 3. The van der Waals surface area contributed by atoms with Crippen LogP contribution >= 0.6 is 12.2 Å². The van der Waals surface area contributed by atoms with E-state index in [1.807, 2.05) is 6.07 Å². The van der Waals surface area contributed by atoms with Crippen LogP contribution in [0.25, 0.3) is 0 Å². The molecule has 0 aliphatic carbocycles. The molecule has 1 aliphatic heterocycles. The number of hydrogen-bond acceptors (Lipinski definition) is 2. The van der Waals surface area contributed by atoms with Gasteiger partial charge in [0.25, 0.3) is 0 Å². The van der Waals surface area contributed by atoms with Crippen LogP contribution in [-0.4, -0.2) is 22.5 Å². The minimum Gasteiger partial charge on any atom is -0.392 e. The topological polar surface area (TPSA) is 29.3 Å². The van der Waals surface area contributed by atoms with E-state index in [2.05, 4.69) is 4.90 Å². The van der Waals surface area contributed by atoms with Crippen molar-refractivity contribution < 1.29 is 4.39 Å². The Labute approximate surface area is 100 Å². The number of thiocarbonyl (C=S) groups is 1. The summed E-state index contributed by atoms with van der Waals surface area (Å²) in [5.41, 5.74) is 6.66. The molecule has 4 heteroatoms. The van der Waals surface area contributed by atoms with Gasteiger partial charge < -0.3 is 5.73 Å². The first-order valence-electron chi connectivity index (χ1n) is 5.44. The molecule has 2 rings (SSSR count). The molecule has 0 bridgehead atoms. The van der Waals surface area contributed by atoms with Crippen LogP contribution in [0, 0.1) is 5.82 Å². The third-order valence-corrected chi connectivity index (χ3v) is 3.24. The van der Waals surface area contributed by atoms with E-state index in [4.69, 9.17) is 18.0 Å². The number of nitrogens with zero attached hydrogens (tertiary/aromatic N) is 1. The molecule has 86 valence electrons. The van der Waals surface area contributed by atoms with Crippen LogP contribution in [-0.2, 0) is 6.54 Å². The summed E-state index contributed by atoms with van der Waals surface area (Å²) < 4.78 is 13.0. The predicted octanol–water partition coefficient (Wildman–Crippen LogP) is 2.08. The van der Waals surface area contributed by atoms with Gasteiger partial charge in [-0.3, -0.25) is 4.90 Å². The van der Waals surface area contributed by atoms with E-state index in [0.717, 1.165) is 31.5 Å². The zero-order chi connectivity index (χ0) is 11.5. The van der Waals surface area contributed by atoms with Gasteiger partial charge >= 0.3 is 0 Å². The molecule has 1 heterocycles. The first kappa shape index (κ1) is 11.5. The van der Waals surface area contributed by atoms with Crippen LogP contribution in [0.15, 0.2) is 24.3 Å². The monoisotopic (exact) mass is 238 g/mol. The van der Waals surface area contributed by atoms with Crippen LogP contribution in [0.5, 0.6) is 0 Å². The Hall–Kier alpha value is -1.00. The van der Waals surface area contributed by atoms with Gasteiger partial charge in [-0.05, 0) is 37.1 Å². The van der Waals surface area contributed by atoms with E-state index in [1.54, 1.807) is 12.1 Å². The Kier molecular flexibility index (Phi) is 3.51. The smallest absolute Gasteiger partial charge is 0.123 e. The van der Waals surface area contributed by atoms with E-state index in [1.165, 1.54) is 6.07 Å². The van der Waals surface area contributed by atoms with Crippen LogP contribution < -0.4 is 5.73 Å². The predicted molar refractivity (Wildman–Crippen MR) is 66.6 cm³/mol. The highest BCUT2D eigenvalue weighted by molar-refractivity contribution is 7.80. The largest absolute Gasteiger partial charge is 0.392 e. The van der Waals surface area contributed by atoms with Gasteiger partial charge in [-0.2, -0.15) is 0 Å². The van der Waals surface area contributed by atoms with Gasteiger partial charge in [0.15, 0.2) is 0 Å². The van der Waals surface area contributed by atoms with Crippen LogP contribution in [0.3, 0.4) is 0 Å². The highest BCUT2D eigenvalue weighted by Crippen LogP contribution is 2.20. The Morgan fingerprint density at radius 1 is 1.56 bits per heavy atom. The highest BCUT2D eigenvalue weighted by Gasteiger charge is 2.26. The molecule has 0 saturated carbocycles. The quantitative estimate of drug-likeness (QED) is 0.817. The maximum Gasteiger partial charge on any atom is 0.123 e. The molecule has 1 aliphatic rings. The lowest BCUT2D eigenvalue weighted by molar-refractivity contribution is 0.295. The fraction of sp³-hybridized carbons (Fsp3) is 0.417. The Balaban J connectivity index is 2.06. The molecule has 2 N–H and O–H groups in total. The molecule has 1 saturated heterocycles. The fourth-order valence-corrected chi connectivity index (χ4v) is 2.47. The van der Waals surface area contributed by atoms with E-state index in [9.17, 15) is 4.39 Å². The van der Waals surface area contributed by atoms with Gasteiger partial charge in [0.05, 0.1) is 11.0 Å². The molecule has 1 atom stereocenters. The molecule has 0 radical (unpaired) electrons. The van der Waals surface area contributed by atoms with Gasteiger partial charge in [0.2, 0.25) is 0 Å². The lowest BCUT2D eigenvalue weighted by atomic mass is 10.2. The maximum absolute atomic E-state index is 13.0. The Morgan fingerprint density at radius 2 is 2.38 bits per heavy atom. The summed E-state index contributed by atoms with van der Waals surface area (Å²) in [7, 11) is 0. The van der Waals surface area contributed by atoms with E-state index in [0.29, 0.717) is 4.99 Å². The molecule has 0 aromatic heterocycles. The SMILES string of the molecule is NC(=S)C1CCCN1Cc1cccc(F)c1. The second-order valence-corrected chi connectivity index (χ2v) is 4.63. The van der Waals surface area contributed by atoms with Gasteiger partial charge in [0.1, 0.15) is 5.82 Å². The average molecular weight is 238 g/mol. The summed E-state index contributed by atoms with van der Waals surface area (Å²) in [5.74, 6) is -0.191.